The van der Waals surface area contributed by atoms with Gasteiger partial charge in [0.1, 0.15) is 0 Å². The van der Waals surface area contributed by atoms with Gasteiger partial charge in [-0.25, -0.2) is 0 Å². The van der Waals surface area contributed by atoms with Gasteiger partial charge in [0.2, 0.25) is 0 Å². The number of guanidine groups is 1. The van der Waals surface area contributed by atoms with Gasteiger partial charge in [0.25, 0.3) is 0 Å². The van der Waals surface area contributed by atoms with Crippen LogP contribution in [-0.4, -0.2) is 74.7 Å². The van der Waals surface area contributed by atoms with E-state index >= 15 is 0 Å². The van der Waals surface area contributed by atoms with Crippen LogP contribution >= 0.6 is 35.3 Å². The summed E-state index contributed by atoms with van der Waals surface area (Å²) < 4.78 is 0. The van der Waals surface area contributed by atoms with Gasteiger partial charge in [-0.15, -0.1) is 35.3 Å². The molecule has 1 atom stereocenters. The van der Waals surface area contributed by atoms with Gasteiger partial charge in [-0.2, -0.15) is 0 Å². The van der Waals surface area contributed by atoms with Gasteiger partial charge in [-0.1, -0.05) is 19.9 Å². The van der Waals surface area contributed by atoms with E-state index < -0.39 is 0 Å². The van der Waals surface area contributed by atoms with Crippen molar-refractivity contribution < 1.29 is 0 Å². The molecule has 1 aromatic rings. The molecule has 1 aliphatic rings. The van der Waals surface area contributed by atoms with E-state index in [9.17, 15) is 0 Å². The molecule has 0 amide bonds. The van der Waals surface area contributed by atoms with Gasteiger partial charge < -0.3 is 15.5 Å². The maximum Gasteiger partial charge on any atom is 0.191 e. The van der Waals surface area contributed by atoms with E-state index in [1.54, 1.807) is 0 Å². The third-order valence-electron chi connectivity index (χ3n) is 4.89. The summed E-state index contributed by atoms with van der Waals surface area (Å²) in [5.74, 6) is 0.924. The highest BCUT2D eigenvalue weighted by atomic mass is 127. The van der Waals surface area contributed by atoms with E-state index in [0.29, 0.717) is 6.04 Å². The molecule has 0 bridgehead atoms. The van der Waals surface area contributed by atoms with Crippen LogP contribution in [0.15, 0.2) is 22.5 Å². The van der Waals surface area contributed by atoms with Crippen molar-refractivity contribution in [3.63, 3.8) is 0 Å². The molecule has 7 heteroatoms. The summed E-state index contributed by atoms with van der Waals surface area (Å²) in [6, 6.07) is 4.84. The number of nitrogens with zero attached hydrogens (tertiary/aromatic N) is 3. The van der Waals surface area contributed by atoms with Crippen molar-refractivity contribution in [1.82, 2.24) is 20.4 Å². The second-order valence-electron chi connectivity index (χ2n) is 7.63. The number of nitrogens with one attached hydrogen (secondary N) is 2. The van der Waals surface area contributed by atoms with Crippen LogP contribution in [0.1, 0.15) is 32.6 Å². The van der Waals surface area contributed by atoms with E-state index in [2.05, 4.69) is 72.7 Å². The molecule has 5 nitrogen and oxygen atoms in total. The third-order valence-corrected chi connectivity index (χ3v) is 6.13. The molecule has 26 heavy (non-hydrogen) atoms. The van der Waals surface area contributed by atoms with Crippen molar-refractivity contribution in [3.05, 3.63) is 22.4 Å². The average Bonchev–Trinajstić information content (AvgIpc) is 3.13. The second kappa shape index (κ2) is 11.5. The normalized spacial score (nSPS) is 18.3. The smallest absolute Gasteiger partial charge is 0.191 e. The van der Waals surface area contributed by atoms with Crippen LogP contribution in [0.5, 0.6) is 0 Å². The van der Waals surface area contributed by atoms with Gasteiger partial charge >= 0.3 is 0 Å². The zero-order chi connectivity index (χ0) is 18.3. The van der Waals surface area contributed by atoms with Crippen LogP contribution in [0, 0.1) is 0 Å². The molecule has 0 radical (unpaired) electrons. The molecule has 2 rings (SSSR count). The Morgan fingerprint density at radius 3 is 2.54 bits per heavy atom. The van der Waals surface area contributed by atoms with E-state index in [1.165, 1.54) is 4.88 Å². The summed E-state index contributed by atoms with van der Waals surface area (Å²) in [4.78, 5) is 11.2. The topological polar surface area (TPSA) is 42.9 Å². The lowest BCUT2D eigenvalue weighted by Gasteiger charge is -2.36. The monoisotopic (exact) mass is 493 g/mol. The Kier molecular flexibility index (Phi) is 10.4. The van der Waals surface area contributed by atoms with Gasteiger partial charge in [-0.3, -0.25) is 9.89 Å². The molecule has 1 aliphatic heterocycles. The minimum Gasteiger partial charge on any atom is -0.357 e. The summed E-state index contributed by atoms with van der Waals surface area (Å²) in [5.41, 5.74) is 0.0690. The number of halogens is 1. The fourth-order valence-corrected chi connectivity index (χ4v) is 3.84. The van der Waals surface area contributed by atoms with Crippen molar-refractivity contribution >= 4 is 41.3 Å². The van der Waals surface area contributed by atoms with E-state index in [1.807, 2.05) is 11.3 Å². The first-order chi connectivity index (χ1) is 11.9. The van der Waals surface area contributed by atoms with Gasteiger partial charge in [0.15, 0.2) is 5.96 Å². The molecule has 0 aromatic carbocycles. The largest absolute Gasteiger partial charge is 0.357 e. The molecule has 1 aromatic heterocycles. The van der Waals surface area contributed by atoms with E-state index in [4.69, 9.17) is 4.99 Å². The Labute approximate surface area is 180 Å². The SMILES string of the molecule is CCNC(=NCC(C)(C)c1cccs1)NCC(C)N1CCN(C)CC1.I. The summed E-state index contributed by atoms with van der Waals surface area (Å²) >= 11 is 1.81. The van der Waals surface area contributed by atoms with Crippen molar-refractivity contribution in [3.8, 4) is 0 Å². The van der Waals surface area contributed by atoms with Crippen molar-refractivity contribution in [2.75, 3.05) is 52.9 Å². The van der Waals surface area contributed by atoms with E-state index in [0.717, 1.165) is 51.8 Å². The molecule has 2 heterocycles. The predicted molar refractivity (Wildman–Crippen MR) is 125 cm³/mol. The second-order valence-corrected chi connectivity index (χ2v) is 8.57. The molecule has 0 aliphatic carbocycles. The maximum atomic E-state index is 4.84. The van der Waals surface area contributed by atoms with Crippen LogP contribution in [0.3, 0.4) is 0 Å². The highest BCUT2D eigenvalue weighted by Gasteiger charge is 2.22. The number of rotatable bonds is 7. The van der Waals surface area contributed by atoms with Crippen LogP contribution in [0.2, 0.25) is 0 Å². The zero-order valence-electron chi connectivity index (χ0n) is 16.9. The van der Waals surface area contributed by atoms with Crippen molar-refractivity contribution in [2.45, 2.75) is 39.2 Å². The summed E-state index contributed by atoms with van der Waals surface area (Å²) in [6.07, 6.45) is 0. The molecule has 1 saturated heterocycles. The molecular formula is C19H36IN5S. The Balaban J connectivity index is 0.00000338. The average molecular weight is 494 g/mol. The highest BCUT2D eigenvalue weighted by Crippen LogP contribution is 2.27. The number of hydrogen-bond acceptors (Lipinski definition) is 4. The molecule has 150 valence electrons. The first kappa shape index (κ1) is 23.7. The molecular weight excluding hydrogens is 457 g/mol. The van der Waals surface area contributed by atoms with Crippen LogP contribution in [0.25, 0.3) is 0 Å². The lowest BCUT2D eigenvalue weighted by Crippen LogP contribution is -2.52. The molecule has 0 saturated carbocycles. The predicted octanol–water partition coefficient (Wildman–Crippen LogP) is 2.83. The van der Waals surface area contributed by atoms with Gasteiger partial charge in [-0.05, 0) is 32.3 Å². The van der Waals surface area contributed by atoms with E-state index in [-0.39, 0.29) is 29.4 Å². The standard InChI is InChI=1S/C19H35N5S.HI/c1-6-20-18(22-15-19(3,4)17-8-7-13-25-17)21-14-16(2)24-11-9-23(5)10-12-24;/h7-8,13,16H,6,9-12,14-15H2,1-5H3,(H2,20,21,22);1H. The Morgan fingerprint density at radius 1 is 1.27 bits per heavy atom. The number of likely N-dealkylation sites (N-methyl/N-ethyl adjacent to an activating group) is 1. The number of aliphatic imine (C=N–C) groups is 1. The molecule has 1 unspecified atom stereocenters. The Hall–Kier alpha value is -0.380. The van der Waals surface area contributed by atoms with Crippen LogP contribution in [0.4, 0.5) is 0 Å². The van der Waals surface area contributed by atoms with Crippen molar-refractivity contribution in [2.24, 2.45) is 4.99 Å². The van der Waals surface area contributed by atoms with Gasteiger partial charge in [0, 0.05) is 55.6 Å². The molecule has 0 spiro atoms. The summed E-state index contributed by atoms with van der Waals surface area (Å²) in [7, 11) is 2.20. The van der Waals surface area contributed by atoms with Crippen molar-refractivity contribution in [1.29, 1.82) is 0 Å². The summed E-state index contributed by atoms with van der Waals surface area (Å²) in [6.45, 7) is 16.2. The lowest BCUT2D eigenvalue weighted by molar-refractivity contribution is 0.120. The first-order valence-corrected chi connectivity index (χ1v) is 10.3. The minimum atomic E-state index is 0. The maximum absolute atomic E-state index is 4.84. The fraction of sp³-hybridized carbons (Fsp3) is 0.737. The van der Waals surface area contributed by atoms with Gasteiger partial charge in [0.05, 0.1) is 6.54 Å². The van der Waals surface area contributed by atoms with Crippen LogP contribution < -0.4 is 10.6 Å². The third kappa shape index (κ3) is 7.32. The van der Waals surface area contributed by atoms with Crippen LogP contribution in [-0.2, 0) is 5.41 Å². The highest BCUT2D eigenvalue weighted by molar-refractivity contribution is 14.0. The summed E-state index contributed by atoms with van der Waals surface area (Å²) in [5, 5.41) is 9.06. The molecule has 1 fully saturated rings. The lowest BCUT2D eigenvalue weighted by atomic mass is 9.92. The quantitative estimate of drug-likeness (QED) is 0.349. The Morgan fingerprint density at radius 2 is 1.96 bits per heavy atom. The minimum absolute atomic E-state index is 0. The fourth-order valence-electron chi connectivity index (χ4n) is 3.00. The number of hydrogen-bond donors (Lipinski definition) is 2. The molecule has 2 N–H and O–H groups in total. The first-order valence-electron chi connectivity index (χ1n) is 9.41. The number of piperazine rings is 1. The Bertz CT molecular complexity index is 524. The number of thiophene rings is 1. The zero-order valence-corrected chi connectivity index (χ0v) is 20.1.